The predicted octanol–water partition coefficient (Wildman–Crippen LogP) is 2.90. The van der Waals surface area contributed by atoms with E-state index >= 15 is 0 Å². The average Bonchev–Trinajstić information content (AvgIpc) is 2.49. The first-order valence-electron chi connectivity index (χ1n) is 6.96. The second-order valence-corrected chi connectivity index (χ2v) is 4.82. The summed E-state index contributed by atoms with van der Waals surface area (Å²) in [5.74, 6) is 1.61. The van der Waals surface area contributed by atoms with Crippen molar-refractivity contribution in [1.29, 1.82) is 0 Å². The van der Waals surface area contributed by atoms with Crippen LogP contribution in [-0.4, -0.2) is 45.3 Å². The molecule has 6 heteroatoms. The molecule has 1 saturated heterocycles. The number of halogens is 2. The Morgan fingerprint density at radius 1 is 1.10 bits per heavy atom. The lowest BCUT2D eigenvalue weighted by Crippen LogP contribution is -2.45. The number of rotatable bonds is 5. The van der Waals surface area contributed by atoms with Crippen LogP contribution in [0.5, 0.6) is 11.5 Å². The molecule has 1 aromatic carbocycles. The summed E-state index contributed by atoms with van der Waals surface area (Å²) in [6.45, 7) is 6.59. The maximum absolute atomic E-state index is 5.40. The Morgan fingerprint density at radius 3 is 2.24 bits per heavy atom. The summed E-state index contributed by atoms with van der Waals surface area (Å²) in [6, 6.07) is 6.72. The van der Waals surface area contributed by atoms with Crippen LogP contribution < -0.4 is 14.8 Å². The van der Waals surface area contributed by atoms with Gasteiger partial charge in [0.2, 0.25) is 0 Å². The summed E-state index contributed by atoms with van der Waals surface area (Å²) in [6.07, 6.45) is 1.11. The standard InChI is InChI=1S/C15H24N2O2.2ClH/c1-4-13(17-9-7-16-8-10-17)12-5-6-14(18-2)15(11-12)19-3;;/h5-6,11,13,16H,4,7-10H2,1-3H3;2*1H/t13-;;/m1../s1. The summed E-state index contributed by atoms with van der Waals surface area (Å²) in [5.41, 5.74) is 1.31. The quantitative estimate of drug-likeness (QED) is 0.896. The van der Waals surface area contributed by atoms with Crippen LogP contribution in [0.2, 0.25) is 0 Å². The topological polar surface area (TPSA) is 33.7 Å². The number of hydrogen-bond acceptors (Lipinski definition) is 4. The fraction of sp³-hybridized carbons (Fsp3) is 0.600. The van der Waals surface area contributed by atoms with E-state index in [0.29, 0.717) is 6.04 Å². The molecule has 1 aliphatic heterocycles. The predicted molar refractivity (Wildman–Crippen MR) is 91.5 cm³/mol. The van der Waals surface area contributed by atoms with Gasteiger partial charge in [-0.1, -0.05) is 13.0 Å². The molecular formula is C15H26Cl2N2O2. The minimum Gasteiger partial charge on any atom is -0.493 e. The Labute approximate surface area is 140 Å². The van der Waals surface area contributed by atoms with Gasteiger partial charge in [-0.15, -0.1) is 24.8 Å². The van der Waals surface area contributed by atoms with Gasteiger partial charge in [-0.05, 0) is 24.1 Å². The first-order chi connectivity index (χ1) is 9.30. The lowest BCUT2D eigenvalue weighted by atomic mass is 10.0. The maximum atomic E-state index is 5.40. The lowest BCUT2D eigenvalue weighted by molar-refractivity contribution is 0.169. The van der Waals surface area contributed by atoms with E-state index in [4.69, 9.17) is 9.47 Å². The molecule has 1 aliphatic rings. The molecule has 0 spiro atoms. The number of methoxy groups -OCH3 is 2. The number of ether oxygens (including phenoxy) is 2. The van der Waals surface area contributed by atoms with E-state index in [0.717, 1.165) is 44.1 Å². The molecule has 1 aromatic rings. The lowest BCUT2D eigenvalue weighted by Gasteiger charge is -2.35. The molecule has 1 fully saturated rings. The average molecular weight is 337 g/mol. The normalized spacial score (nSPS) is 16.3. The van der Waals surface area contributed by atoms with E-state index in [1.54, 1.807) is 14.2 Å². The highest BCUT2D eigenvalue weighted by molar-refractivity contribution is 5.85. The fourth-order valence-corrected chi connectivity index (χ4v) is 2.76. The zero-order valence-corrected chi connectivity index (χ0v) is 14.6. The van der Waals surface area contributed by atoms with Crippen molar-refractivity contribution >= 4 is 24.8 Å². The van der Waals surface area contributed by atoms with Crippen LogP contribution in [0.4, 0.5) is 0 Å². The summed E-state index contributed by atoms with van der Waals surface area (Å²) < 4.78 is 10.7. The number of nitrogens with zero attached hydrogens (tertiary/aromatic N) is 1. The largest absolute Gasteiger partial charge is 0.493 e. The van der Waals surface area contributed by atoms with E-state index < -0.39 is 0 Å². The van der Waals surface area contributed by atoms with Gasteiger partial charge in [0.05, 0.1) is 14.2 Å². The highest BCUT2D eigenvalue weighted by atomic mass is 35.5. The van der Waals surface area contributed by atoms with E-state index in [1.165, 1.54) is 5.56 Å². The first kappa shape index (κ1) is 20.3. The first-order valence-corrected chi connectivity index (χ1v) is 6.96. The Morgan fingerprint density at radius 2 is 1.71 bits per heavy atom. The fourth-order valence-electron chi connectivity index (χ4n) is 2.76. The number of nitrogens with one attached hydrogen (secondary N) is 1. The van der Waals surface area contributed by atoms with Crippen LogP contribution in [-0.2, 0) is 0 Å². The Kier molecular flexibility index (Phi) is 9.79. The van der Waals surface area contributed by atoms with Gasteiger partial charge >= 0.3 is 0 Å². The van der Waals surface area contributed by atoms with Crippen molar-refractivity contribution < 1.29 is 9.47 Å². The van der Waals surface area contributed by atoms with Crippen molar-refractivity contribution in [3.63, 3.8) is 0 Å². The van der Waals surface area contributed by atoms with Gasteiger partial charge in [-0.2, -0.15) is 0 Å². The molecule has 0 amide bonds. The van der Waals surface area contributed by atoms with Gasteiger partial charge in [0.25, 0.3) is 0 Å². The third-order valence-corrected chi connectivity index (χ3v) is 3.77. The van der Waals surface area contributed by atoms with Gasteiger partial charge in [-0.25, -0.2) is 0 Å². The highest BCUT2D eigenvalue weighted by Crippen LogP contribution is 2.33. The van der Waals surface area contributed by atoms with Gasteiger partial charge in [0, 0.05) is 32.2 Å². The molecule has 1 atom stereocenters. The summed E-state index contributed by atoms with van der Waals surface area (Å²) in [7, 11) is 3.36. The molecule has 0 saturated carbocycles. The molecular weight excluding hydrogens is 311 g/mol. The Bertz CT molecular complexity index is 413. The van der Waals surface area contributed by atoms with Crippen LogP contribution in [0, 0.1) is 0 Å². The van der Waals surface area contributed by atoms with Gasteiger partial charge < -0.3 is 14.8 Å². The second kappa shape index (κ2) is 10.1. The van der Waals surface area contributed by atoms with Crippen molar-refractivity contribution in [1.82, 2.24) is 10.2 Å². The number of piperazine rings is 1. The van der Waals surface area contributed by atoms with Gasteiger partial charge in [0.1, 0.15) is 0 Å². The molecule has 1 N–H and O–H groups in total. The van der Waals surface area contributed by atoms with E-state index in [1.807, 2.05) is 6.07 Å². The van der Waals surface area contributed by atoms with E-state index in [9.17, 15) is 0 Å². The molecule has 0 aliphatic carbocycles. The number of hydrogen-bond donors (Lipinski definition) is 1. The Balaban J connectivity index is 0.00000200. The third-order valence-electron chi connectivity index (χ3n) is 3.77. The second-order valence-electron chi connectivity index (χ2n) is 4.82. The van der Waals surface area contributed by atoms with Crippen LogP contribution in [0.15, 0.2) is 18.2 Å². The van der Waals surface area contributed by atoms with Crippen LogP contribution in [0.3, 0.4) is 0 Å². The zero-order valence-electron chi connectivity index (χ0n) is 12.9. The van der Waals surface area contributed by atoms with E-state index in [-0.39, 0.29) is 24.8 Å². The molecule has 4 nitrogen and oxygen atoms in total. The third kappa shape index (κ3) is 4.92. The van der Waals surface area contributed by atoms with Crippen LogP contribution in [0.1, 0.15) is 24.9 Å². The minimum absolute atomic E-state index is 0. The summed E-state index contributed by atoms with van der Waals surface area (Å²) in [5, 5.41) is 3.40. The van der Waals surface area contributed by atoms with Crippen LogP contribution >= 0.6 is 24.8 Å². The maximum Gasteiger partial charge on any atom is 0.161 e. The Hall–Kier alpha value is -0.680. The van der Waals surface area contributed by atoms with Crippen molar-refractivity contribution in [2.24, 2.45) is 0 Å². The number of benzene rings is 1. The van der Waals surface area contributed by atoms with Crippen LogP contribution in [0.25, 0.3) is 0 Å². The van der Waals surface area contributed by atoms with Crippen molar-refractivity contribution in [2.75, 3.05) is 40.4 Å². The van der Waals surface area contributed by atoms with Crippen molar-refractivity contribution in [3.8, 4) is 11.5 Å². The molecule has 0 aromatic heterocycles. The molecule has 1 heterocycles. The summed E-state index contributed by atoms with van der Waals surface area (Å²) in [4.78, 5) is 2.54. The van der Waals surface area contributed by atoms with Crippen molar-refractivity contribution in [3.05, 3.63) is 23.8 Å². The molecule has 21 heavy (non-hydrogen) atoms. The highest BCUT2D eigenvalue weighted by Gasteiger charge is 2.21. The molecule has 2 rings (SSSR count). The smallest absolute Gasteiger partial charge is 0.161 e. The summed E-state index contributed by atoms with van der Waals surface area (Å²) >= 11 is 0. The van der Waals surface area contributed by atoms with Gasteiger partial charge in [-0.3, -0.25) is 4.90 Å². The van der Waals surface area contributed by atoms with Gasteiger partial charge in [0.15, 0.2) is 11.5 Å². The molecule has 0 bridgehead atoms. The van der Waals surface area contributed by atoms with E-state index in [2.05, 4.69) is 29.3 Å². The molecule has 0 unspecified atom stereocenters. The minimum atomic E-state index is 0. The molecule has 122 valence electrons. The monoisotopic (exact) mass is 336 g/mol. The molecule has 0 radical (unpaired) electrons. The van der Waals surface area contributed by atoms with Crippen molar-refractivity contribution in [2.45, 2.75) is 19.4 Å². The zero-order chi connectivity index (χ0) is 13.7. The SMILES string of the molecule is CC[C@H](c1ccc(OC)c(OC)c1)N1CCNCC1.Cl.Cl.